The molecule has 2 fully saturated rings. The van der Waals surface area contributed by atoms with Crippen LogP contribution >= 0.6 is 0 Å². The van der Waals surface area contributed by atoms with Gasteiger partial charge in [0.25, 0.3) is 5.91 Å². The van der Waals surface area contributed by atoms with Crippen LogP contribution in [0.1, 0.15) is 40.9 Å². The molecule has 0 bridgehead atoms. The molecular formula is C28H30N6O3. The van der Waals surface area contributed by atoms with Crippen LogP contribution in [0.2, 0.25) is 0 Å². The average molecular weight is 499 g/mol. The number of rotatable bonds is 5. The third-order valence-electron chi connectivity index (χ3n) is 7.70. The van der Waals surface area contributed by atoms with Gasteiger partial charge in [-0.1, -0.05) is 0 Å². The summed E-state index contributed by atoms with van der Waals surface area (Å²) in [6.07, 6.45) is 7.94. The molecule has 0 unspecified atom stereocenters. The largest absolute Gasteiger partial charge is 0.496 e. The number of carbonyl (C=O) groups excluding carboxylic acids is 2. The number of nitrogens with two attached hydrogens (primary N) is 1. The van der Waals surface area contributed by atoms with Crippen LogP contribution in [0.5, 0.6) is 5.75 Å². The van der Waals surface area contributed by atoms with E-state index in [2.05, 4.69) is 9.97 Å². The van der Waals surface area contributed by atoms with Gasteiger partial charge in [0.05, 0.1) is 29.3 Å². The monoisotopic (exact) mass is 498 g/mol. The summed E-state index contributed by atoms with van der Waals surface area (Å²) in [5.41, 5.74) is 9.27. The van der Waals surface area contributed by atoms with Crippen LogP contribution in [0, 0.1) is 17.7 Å². The Labute approximate surface area is 215 Å². The predicted octanol–water partition coefficient (Wildman–Crippen LogP) is 3.56. The van der Waals surface area contributed by atoms with Crippen molar-refractivity contribution in [3.8, 4) is 5.75 Å². The molecule has 4 heterocycles. The Bertz CT molecular complexity index is 1420. The number of benzene rings is 1. The maximum absolute atomic E-state index is 13.7. The number of methoxy groups -OCH3 is 1. The first kappa shape index (κ1) is 24.4. The quantitative estimate of drug-likeness (QED) is 0.518. The molecule has 3 aromatic rings. The average Bonchev–Trinajstić information content (AvgIpc) is 3.24. The number of nitrogens with zero attached hydrogens (tertiary/aromatic N) is 4. The summed E-state index contributed by atoms with van der Waals surface area (Å²) >= 11 is 0. The summed E-state index contributed by atoms with van der Waals surface area (Å²) in [7, 11) is 1.56. The molecule has 1 spiro atoms. The fraction of sp³-hybridized carbons (Fsp3) is 0.321. The molecule has 2 amide bonds. The number of pyridine rings is 2. The highest BCUT2D eigenvalue weighted by Gasteiger charge is 2.49. The zero-order chi connectivity index (χ0) is 26.2. The van der Waals surface area contributed by atoms with E-state index in [1.807, 2.05) is 47.1 Å². The van der Waals surface area contributed by atoms with E-state index in [1.165, 1.54) is 12.4 Å². The van der Waals surface area contributed by atoms with E-state index < -0.39 is 5.41 Å². The Hall–Kier alpha value is -4.27. The van der Waals surface area contributed by atoms with Crippen molar-refractivity contribution in [3.63, 3.8) is 0 Å². The lowest BCUT2D eigenvalue weighted by Crippen LogP contribution is -2.46. The van der Waals surface area contributed by atoms with Crippen LogP contribution in [0.15, 0.2) is 48.9 Å². The molecule has 0 radical (unpaired) electrons. The highest BCUT2D eigenvalue weighted by molar-refractivity contribution is 6.09. The van der Waals surface area contributed by atoms with Crippen LogP contribution in [-0.4, -0.2) is 59.6 Å². The second-order valence-corrected chi connectivity index (χ2v) is 9.62. The minimum Gasteiger partial charge on any atom is -0.496 e. The first-order valence-electron chi connectivity index (χ1n) is 12.3. The summed E-state index contributed by atoms with van der Waals surface area (Å²) in [5, 5.41) is 8.41. The molecule has 0 aliphatic carbocycles. The van der Waals surface area contributed by atoms with Crippen LogP contribution in [0.3, 0.4) is 0 Å². The molecule has 1 aromatic carbocycles. The first-order chi connectivity index (χ1) is 17.9. The molecule has 2 saturated heterocycles. The number of allylic oxidation sites excluding steroid dienone is 1. The van der Waals surface area contributed by atoms with Crippen molar-refractivity contribution >= 4 is 40.2 Å². The number of nitrogens with one attached hydrogen (secondary N) is 1. The maximum Gasteiger partial charge on any atom is 0.255 e. The summed E-state index contributed by atoms with van der Waals surface area (Å²) in [4.78, 5) is 39.4. The number of aromatic nitrogens is 2. The van der Waals surface area contributed by atoms with Gasteiger partial charge in [-0.25, -0.2) is 0 Å². The predicted molar refractivity (Wildman–Crippen MR) is 143 cm³/mol. The molecule has 190 valence electrons. The van der Waals surface area contributed by atoms with Gasteiger partial charge in [0.15, 0.2) is 0 Å². The SMILES string of the molecule is COc1cc(N2CCC3(CCN(C(=O)c4cc5cnccc5nc4C)CC3)C2=O)ccc1/C(C=N)=C/N. The van der Waals surface area contributed by atoms with E-state index in [-0.39, 0.29) is 11.8 Å². The second-order valence-electron chi connectivity index (χ2n) is 9.62. The normalized spacial score (nSPS) is 17.5. The number of amides is 2. The third kappa shape index (κ3) is 4.20. The van der Waals surface area contributed by atoms with Gasteiger partial charge in [-0.2, -0.15) is 0 Å². The number of anilines is 1. The standard InChI is InChI=1S/C28H30N6O3/c1-18-23(13-19-17-31-9-5-24(19)32-18)26(35)33-10-6-28(7-11-33)8-12-34(27(28)36)21-3-4-22(20(15-29)16-30)25(14-21)37-2/h3-5,9,13-17,29H,6-8,10-12,30H2,1-2H3/b20-16+,29-15?. The van der Waals surface area contributed by atoms with E-state index in [1.54, 1.807) is 19.5 Å². The Balaban J connectivity index is 1.31. The molecule has 2 aliphatic heterocycles. The second kappa shape index (κ2) is 9.65. The molecule has 0 atom stereocenters. The number of hydrogen-bond acceptors (Lipinski definition) is 7. The number of likely N-dealkylation sites (tertiary alicyclic amines) is 1. The number of carbonyl (C=O) groups is 2. The van der Waals surface area contributed by atoms with E-state index in [9.17, 15) is 9.59 Å². The lowest BCUT2D eigenvalue weighted by atomic mass is 9.77. The van der Waals surface area contributed by atoms with Crippen molar-refractivity contribution in [2.75, 3.05) is 31.6 Å². The Morgan fingerprint density at radius 2 is 1.89 bits per heavy atom. The fourth-order valence-electron chi connectivity index (χ4n) is 5.47. The van der Waals surface area contributed by atoms with Crippen molar-refractivity contribution < 1.29 is 14.3 Å². The molecule has 3 N–H and O–H groups in total. The van der Waals surface area contributed by atoms with E-state index in [0.29, 0.717) is 60.6 Å². The minimum absolute atomic E-state index is 0.0526. The molecule has 2 aliphatic rings. The molecule has 9 nitrogen and oxygen atoms in total. The number of ether oxygens (including phenoxy) is 1. The lowest BCUT2D eigenvalue weighted by Gasteiger charge is -2.38. The van der Waals surface area contributed by atoms with Crippen LogP contribution in [0.4, 0.5) is 5.69 Å². The Kier molecular flexibility index (Phi) is 6.37. The van der Waals surface area contributed by atoms with E-state index >= 15 is 0 Å². The van der Waals surface area contributed by atoms with Gasteiger partial charge < -0.3 is 25.7 Å². The first-order valence-corrected chi connectivity index (χ1v) is 12.3. The van der Waals surface area contributed by atoms with Gasteiger partial charge in [0.1, 0.15) is 5.75 Å². The highest BCUT2D eigenvalue weighted by Crippen LogP contribution is 2.44. The van der Waals surface area contributed by atoms with Crippen LogP contribution in [0.25, 0.3) is 16.5 Å². The Morgan fingerprint density at radius 3 is 2.59 bits per heavy atom. The van der Waals surface area contributed by atoms with Crippen molar-refractivity contribution in [1.29, 1.82) is 5.41 Å². The minimum atomic E-state index is -0.472. The van der Waals surface area contributed by atoms with E-state index in [0.717, 1.165) is 23.0 Å². The molecule has 0 saturated carbocycles. The number of aryl methyl sites for hydroxylation is 1. The molecule has 2 aromatic heterocycles. The van der Waals surface area contributed by atoms with Gasteiger partial charge in [-0.15, -0.1) is 0 Å². The van der Waals surface area contributed by atoms with Gasteiger partial charge in [0.2, 0.25) is 5.91 Å². The van der Waals surface area contributed by atoms with Crippen molar-refractivity contribution in [3.05, 3.63) is 65.7 Å². The molecule has 37 heavy (non-hydrogen) atoms. The molecule has 9 heteroatoms. The number of fused-ring (bicyclic) bond motifs is 1. The third-order valence-corrected chi connectivity index (χ3v) is 7.70. The number of piperidine rings is 1. The maximum atomic E-state index is 13.7. The fourth-order valence-corrected chi connectivity index (χ4v) is 5.47. The van der Waals surface area contributed by atoms with Gasteiger partial charge in [0, 0.05) is 72.7 Å². The summed E-state index contributed by atoms with van der Waals surface area (Å²) in [6.45, 7) is 3.51. The summed E-state index contributed by atoms with van der Waals surface area (Å²) in [6, 6.07) is 9.21. The summed E-state index contributed by atoms with van der Waals surface area (Å²) in [5.74, 6) is 0.593. The zero-order valence-electron chi connectivity index (χ0n) is 21.0. The van der Waals surface area contributed by atoms with Gasteiger partial charge in [-0.3, -0.25) is 19.6 Å². The number of hydrogen-bond donors (Lipinski definition) is 2. The van der Waals surface area contributed by atoms with Gasteiger partial charge >= 0.3 is 0 Å². The molecular weight excluding hydrogens is 468 g/mol. The van der Waals surface area contributed by atoms with Gasteiger partial charge in [-0.05, 0) is 50.5 Å². The highest BCUT2D eigenvalue weighted by atomic mass is 16.5. The summed E-state index contributed by atoms with van der Waals surface area (Å²) < 4.78 is 5.53. The van der Waals surface area contributed by atoms with Crippen molar-refractivity contribution in [1.82, 2.24) is 14.9 Å². The smallest absolute Gasteiger partial charge is 0.255 e. The van der Waals surface area contributed by atoms with Crippen LogP contribution < -0.4 is 15.4 Å². The molecule has 5 rings (SSSR count). The lowest BCUT2D eigenvalue weighted by molar-refractivity contribution is -0.127. The van der Waals surface area contributed by atoms with E-state index in [4.69, 9.17) is 15.9 Å². The topological polar surface area (TPSA) is 125 Å². The van der Waals surface area contributed by atoms with Crippen molar-refractivity contribution in [2.24, 2.45) is 11.1 Å². The van der Waals surface area contributed by atoms with Crippen molar-refractivity contribution in [2.45, 2.75) is 26.2 Å². The zero-order valence-corrected chi connectivity index (χ0v) is 21.0. The van der Waals surface area contributed by atoms with Crippen LogP contribution in [-0.2, 0) is 4.79 Å². The Morgan fingerprint density at radius 1 is 1.14 bits per heavy atom.